The van der Waals surface area contributed by atoms with Crippen molar-refractivity contribution in [3.8, 4) is 0 Å². The molecule has 0 aliphatic rings. The van der Waals surface area contributed by atoms with E-state index in [-0.39, 0.29) is 15.0 Å². The summed E-state index contributed by atoms with van der Waals surface area (Å²) in [6.45, 7) is 2.16. The molecule has 0 radical (unpaired) electrons. The fourth-order valence-corrected chi connectivity index (χ4v) is 2.90. The number of hydrogen-bond donors (Lipinski definition) is 0. The van der Waals surface area contributed by atoms with Gasteiger partial charge in [-0.15, -0.1) is 0 Å². The first-order chi connectivity index (χ1) is 6.34. The van der Waals surface area contributed by atoms with Gasteiger partial charge in [0.1, 0.15) is 0 Å². The molecule has 0 fully saturated rings. The molecule has 70 valence electrons. The molecule has 0 saturated heterocycles. The zero-order valence-corrected chi connectivity index (χ0v) is 9.54. The molecular weight excluding hydrogens is 227 g/mol. The molecule has 2 heteroatoms. The monoisotopic (exact) mass is 242 g/mol. The Labute approximate surface area is 85.7 Å². The van der Waals surface area contributed by atoms with Crippen molar-refractivity contribution in [3.63, 3.8) is 0 Å². The Hall–Kier alpha value is -0.591. The van der Waals surface area contributed by atoms with Crippen LogP contribution in [0.3, 0.4) is 0 Å². The summed E-state index contributed by atoms with van der Waals surface area (Å²) in [4.78, 5) is 11.5. The Balaban J connectivity index is 2.40. The summed E-state index contributed by atoms with van der Waals surface area (Å²) in [7, 11) is 0. The van der Waals surface area contributed by atoms with Crippen LogP contribution in [0.15, 0.2) is 30.3 Å². The van der Waals surface area contributed by atoms with Gasteiger partial charge in [-0.2, -0.15) is 0 Å². The van der Waals surface area contributed by atoms with Crippen molar-refractivity contribution >= 4 is 19.6 Å². The van der Waals surface area contributed by atoms with Crippen molar-refractivity contribution in [2.75, 3.05) is 0 Å². The second kappa shape index (κ2) is 5.95. The van der Waals surface area contributed by atoms with Crippen molar-refractivity contribution in [2.45, 2.75) is 25.1 Å². The van der Waals surface area contributed by atoms with Crippen molar-refractivity contribution in [2.24, 2.45) is 0 Å². The molecule has 0 spiro atoms. The van der Waals surface area contributed by atoms with Crippen LogP contribution in [0, 0.1) is 0 Å². The van der Waals surface area contributed by atoms with Crippen LogP contribution in [-0.4, -0.2) is 19.6 Å². The van der Waals surface area contributed by atoms with Gasteiger partial charge in [0.15, 0.2) is 0 Å². The molecule has 0 aromatic heterocycles. The van der Waals surface area contributed by atoms with E-state index in [2.05, 4.69) is 6.92 Å². The van der Waals surface area contributed by atoms with E-state index < -0.39 is 0 Å². The molecule has 0 N–H and O–H groups in total. The fourth-order valence-electron chi connectivity index (χ4n) is 0.967. The van der Waals surface area contributed by atoms with E-state index >= 15 is 0 Å². The number of unbranched alkanes of at least 4 members (excludes halogenated alkanes) is 1. The Kier molecular flexibility index (Phi) is 4.80. The van der Waals surface area contributed by atoms with Crippen LogP contribution in [0.5, 0.6) is 0 Å². The van der Waals surface area contributed by atoms with Gasteiger partial charge in [0.2, 0.25) is 0 Å². The molecule has 0 atom stereocenters. The summed E-state index contributed by atoms with van der Waals surface area (Å²) < 4.78 is 0.335. The van der Waals surface area contributed by atoms with Gasteiger partial charge in [-0.25, -0.2) is 0 Å². The number of carbonyl (C=O) groups is 1. The molecular formula is C11H14OSe. The predicted molar refractivity (Wildman–Crippen MR) is 56.2 cm³/mol. The van der Waals surface area contributed by atoms with Crippen LogP contribution in [-0.2, 0) is 0 Å². The minimum atomic E-state index is 0.150. The van der Waals surface area contributed by atoms with Gasteiger partial charge in [-0.3, -0.25) is 0 Å². The second-order valence-corrected chi connectivity index (χ2v) is 5.10. The van der Waals surface area contributed by atoms with E-state index in [1.54, 1.807) is 0 Å². The van der Waals surface area contributed by atoms with E-state index in [0.717, 1.165) is 10.9 Å². The number of hydrogen-bond acceptors (Lipinski definition) is 1. The van der Waals surface area contributed by atoms with Crippen LogP contribution < -0.4 is 0 Å². The van der Waals surface area contributed by atoms with E-state index in [1.807, 2.05) is 30.3 Å². The minimum absolute atomic E-state index is 0.150. The topological polar surface area (TPSA) is 17.1 Å². The van der Waals surface area contributed by atoms with Gasteiger partial charge in [0.25, 0.3) is 0 Å². The van der Waals surface area contributed by atoms with E-state index in [0.29, 0.717) is 4.68 Å². The van der Waals surface area contributed by atoms with Gasteiger partial charge in [0, 0.05) is 0 Å². The molecule has 1 rings (SSSR count). The molecule has 0 bridgehead atoms. The van der Waals surface area contributed by atoms with Crippen LogP contribution in [0.25, 0.3) is 0 Å². The van der Waals surface area contributed by atoms with Gasteiger partial charge < -0.3 is 0 Å². The molecule has 0 unspecified atom stereocenters. The number of rotatable bonds is 5. The quantitative estimate of drug-likeness (QED) is 0.572. The molecule has 0 saturated carbocycles. The molecule has 1 nitrogen and oxygen atoms in total. The molecule has 0 heterocycles. The molecule has 13 heavy (non-hydrogen) atoms. The fraction of sp³-hybridized carbons (Fsp3) is 0.364. The Morgan fingerprint density at radius 2 is 2.00 bits per heavy atom. The van der Waals surface area contributed by atoms with Crippen molar-refractivity contribution in [3.05, 3.63) is 35.9 Å². The van der Waals surface area contributed by atoms with Crippen LogP contribution >= 0.6 is 0 Å². The SMILES string of the molecule is CCCC[Se]C(=O)c1ccccc1. The summed E-state index contributed by atoms with van der Waals surface area (Å²) in [5.74, 6) is 0. The summed E-state index contributed by atoms with van der Waals surface area (Å²) in [6.07, 6.45) is 2.36. The summed E-state index contributed by atoms with van der Waals surface area (Å²) in [6, 6.07) is 9.58. The zero-order chi connectivity index (χ0) is 9.52. The van der Waals surface area contributed by atoms with Gasteiger partial charge in [-0.1, -0.05) is 0 Å². The maximum atomic E-state index is 11.5. The molecule has 0 aliphatic heterocycles. The van der Waals surface area contributed by atoms with Gasteiger partial charge >= 0.3 is 85.4 Å². The maximum absolute atomic E-state index is 11.5. The number of carbonyl (C=O) groups excluding carboxylic acids is 1. The average molecular weight is 241 g/mol. The van der Waals surface area contributed by atoms with Crippen molar-refractivity contribution < 1.29 is 4.79 Å². The molecule has 0 amide bonds. The number of benzene rings is 1. The Bertz CT molecular complexity index is 256. The third-order valence-corrected chi connectivity index (χ3v) is 3.82. The first-order valence-corrected chi connectivity index (χ1v) is 6.63. The summed E-state index contributed by atoms with van der Waals surface area (Å²) in [5, 5.41) is 1.08. The molecule has 0 aliphatic carbocycles. The molecule has 1 aromatic carbocycles. The summed E-state index contributed by atoms with van der Waals surface area (Å²) in [5.41, 5.74) is 0.874. The van der Waals surface area contributed by atoms with E-state index in [9.17, 15) is 4.79 Å². The summed E-state index contributed by atoms with van der Waals surface area (Å²) >= 11 is 0.150. The van der Waals surface area contributed by atoms with Crippen molar-refractivity contribution in [1.82, 2.24) is 0 Å². The predicted octanol–water partition coefficient (Wildman–Crippen LogP) is 2.75. The van der Waals surface area contributed by atoms with Crippen molar-refractivity contribution in [1.29, 1.82) is 0 Å². The second-order valence-electron chi connectivity index (χ2n) is 2.86. The van der Waals surface area contributed by atoms with Gasteiger partial charge in [-0.05, 0) is 0 Å². The third-order valence-electron chi connectivity index (χ3n) is 1.74. The average Bonchev–Trinajstić information content (AvgIpc) is 2.19. The van der Waals surface area contributed by atoms with Crippen LogP contribution in [0.4, 0.5) is 0 Å². The van der Waals surface area contributed by atoms with Gasteiger partial charge in [0.05, 0.1) is 0 Å². The third kappa shape index (κ3) is 3.75. The zero-order valence-electron chi connectivity index (χ0n) is 7.82. The van der Waals surface area contributed by atoms with Crippen LogP contribution in [0.1, 0.15) is 30.1 Å². The standard InChI is InChI=1S/C11H14OSe/c1-2-3-9-13-11(12)10-7-5-4-6-8-10/h4-8H,2-3,9H2,1H3. The van der Waals surface area contributed by atoms with E-state index in [1.165, 1.54) is 12.8 Å². The van der Waals surface area contributed by atoms with E-state index in [4.69, 9.17) is 0 Å². The Morgan fingerprint density at radius 1 is 1.31 bits per heavy atom. The molecule has 1 aromatic rings. The normalized spacial score (nSPS) is 9.92. The first-order valence-electron chi connectivity index (χ1n) is 4.56. The van der Waals surface area contributed by atoms with Crippen LogP contribution in [0.2, 0.25) is 5.32 Å². The Morgan fingerprint density at radius 3 is 2.62 bits per heavy atom. The first kappa shape index (κ1) is 10.5.